The van der Waals surface area contributed by atoms with Gasteiger partial charge in [0, 0.05) is 32.1 Å². The Morgan fingerprint density at radius 2 is 2.27 bits per heavy atom. The molecule has 0 spiro atoms. The fourth-order valence-corrected chi connectivity index (χ4v) is 2.64. The molecule has 0 aromatic rings. The van der Waals surface area contributed by atoms with Crippen molar-refractivity contribution in [1.82, 2.24) is 10.2 Å². The number of carbonyl (C=O) groups excluding carboxylic acids is 1. The minimum Gasteiger partial charge on any atom is -0.355 e. The highest BCUT2D eigenvalue weighted by Gasteiger charge is 2.32. The topological polar surface area (TPSA) is 56.1 Å². The Kier molecular flexibility index (Phi) is 3.22. The highest BCUT2D eigenvalue weighted by molar-refractivity contribution is 5.76. The average molecular weight is 207 g/mol. The summed E-state index contributed by atoms with van der Waals surface area (Å²) in [6.45, 7) is 2.44. The molecule has 1 aliphatic carbocycles. The SMILES string of the molecule is N#CC1CCCC1N1CCNC(=O)CC1. The number of nitrogens with one attached hydrogen (secondary N) is 1. The Labute approximate surface area is 90.2 Å². The zero-order chi connectivity index (χ0) is 10.7. The smallest absolute Gasteiger partial charge is 0.221 e. The predicted octanol–water partition coefficient (Wildman–Crippen LogP) is 0.501. The average Bonchev–Trinajstić information content (AvgIpc) is 2.61. The van der Waals surface area contributed by atoms with Crippen molar-refractivity contribution in [3.63, 3.8) is 0 Å². The molecule has 82 valence electrons. The molecular weight excluding hydrogens is 190 g/mol. The van der Waals surface area contributed by atoms with E-state index in [4.69, 9.17) is 5.26 Å². The van der Waals surface area contributed by atoms with Gasteiger partial charge in [-0.15, -0.1) is 0 Å². The van der Waals surface area contributed by atoms with Crippen molar-refractivity contribution in [2.75, 3.05) is 19.6 Å². The van der Waals surface area contributed by atoms with Gasteiger partial charge in [0.1, 0.15) is 0 Å². The van der Waals surface area contributed by atoms with Gasteiger partial charge in [0.25, 0.3) is 0 Å². The summed E-state index contributed by atoms with van der Waals surface area (Å²) in [4.78, 5) is 13.5. The van der Waals surface area contributed by atoms with Crippen LogP contribution in [0.1, 0.15) is 25.7 Å². The van der Waals surface area contributed by atoms with Crippen LogP contribution in [0.4, 0.5) is 0 Å². The summed E-state index contributed by atoms with van der Waals surface area (Å²) < 4.78 is 0. The molecule has 2 rings (SSSR count). The van der Waals surface area contributed by atoms with Crippen LogP contribution in [-0.4, -0.2) is 36.5 Å². The lowest BCUT2D eigenvalue weighted by atomic mass is 10.0. The molecule has 0 radical (unpaired) electrons. The second-order valence-corrected chi connectivity index (χ2v) is 4.37. The number of rotatable bonds is 1. The van der Waals surface area contributed by atoms with Gasteiger partial charge in [-0.05, 0) is 12.8 Å². The van der Waals surface area contributed by atoms with Crippen LogP contribution in [0.5, 0.6) is 0 Å². The molecule has 0 bridgehead atoms. The van der Waals surface area contributed by atoms with Crippen LogP contribution in [0.15, 0.2) is 0 Å². The largest absolute Gasteiger partial charge is 0.355 e. The van der Waals surface area contributed by atoms with Crippen LogP contribution in [-0.2, 0) is 4.79 Å². The quantitative estimate of drug-likeness (QED) is 0.681. The minimum atomic E-state index is 0.143. The Morgan fingerprint density at radius 1 is 1.40 bits per heavy atom. The zero-order valence-electron chi connectivity index (χ0n) is 8.91. The lowest BCUT2D eigenvalue weighted by Crippen LogP contribution is -2.39. The predicted molar refractivity (Wildman–Crippen MR) is 55.9 cm³/mol. The molecule has 1 N–H and O–H groups in total. The zero-order valence-corrected chi connectivity index (χ0v) is 8.91. The second kappa shape index (κ2) is 4.63. The monoisotopic (exact) mass is 207 g/mol. The van der Waals surface area contributed by atoms with Crippen molar-refractivity contribution in [2.45, 2.75) is 31.7 Å². The number of nitriles is 1. The van der Waals surface area contributed by atoms with Gasteiger partial charge in [-0.2, -0.15) is 5.26 Å². The fourth-order valence-electron chi connectivity index (χ4n) is 2.64. The van der Waals surface area contributed by atoms with E-state index in [1.807, 2.05) is 0 Å². The first-order valence-corrected chi connectivity index (χ1v) is 5.71. The van der Waals surface area contributed by atoms with E-state index in [2.05, 4.69) is 16.3 Å². The number of hydrogen-bond acceptors (Lipinski definition) is 3. The number of carbonyl (C=O) groups is 1. The summed E-state index contributed by atoms with van der Waals surface area (Å²) in [5, 5.41) is 11.9. The molecule has 1 aliphatic heterocycles. The molecular formula is C11H17N3O. The second-order valence-electron chi connectivity index (χ2n) is 4.37. The fraction of sp³-hybridized carbons (Fsp3) is 0.818. The van der Waals surface area contributed by atoms with Gasteiger partial charge in [-0.25, -0.2) is 0 Å². The Bertz CT molecular complexity index is 284. The van der Waals surface area contributed by atoms with Crippen molar-refractivity contribution in [2.24, 2.45) is 5.92 Å². The molecule has 0 aromatic heterocycles. The number of hydrogen-bond donors (Lipinski definition) is 1. The van der Waals surface area contributed by atoms with E-state index in [9.17, 15) is 4.79 Å². The Hall–Kier alpha value is -1.08. The summed E-state index contributed by atoms with van der Waals surface area (Å²) in [7, 11) is 0. The molecule has 15 heavy (non-hydrogen) atoms. The van der Waals surface area contributed by atoms with Crippen LogP contribution in [0.2, 0.25) is 0 Å². The molecule has 0 aromatic carbocycles. The maximum Gasteiger partial charge on any atom is 0.221 e. The van der Waals surface area contributed by atoms with E-state index in [1.54, 1.807) is 0 Å². The molecule has 1 saturated heterocycles. The summed E-state index contributed by atoms with van der Waals surface area (Å²) in [5.74, 6) is 0.321. The first kappa shape index (κ1) is 10.4. The van der Waals surface area contributed by atoms with E-state index >= 15 is 0 Å². The van der Waals surface area contributed by atoms with Crippen molar-refractivity contribution in [3.8, 4) is 6.07 Å². The van der Waals surface area contributed by atoms with E-state index < -0.39 is 0 Å². The summed E-state index contributed by atoms with van der Waals surface area (Å²) in [5.41, 5.74) is 0. The van der Waals surface area contributed by atoms with Gasteiger partial charge < -0.3 is 5.32 Å². The summed E-state index contributed by atoms with van der Waals surface area (Å²) in [6.07, 6.45) is 3.88. The summed E-state index contributed by atoms with van der Waals surface area (Å²) in [6, 6.07) is 2.79. The molecule has 4 heteroatoms. The first-order chi connectivity index (χ1) is 7.31. The molecule has 1 saturated carbocycles. The molecule has 1 amide bonds. The first-order valence-electron chi connectivity index (χ1n) is 5.71. The molecule has 2 unspecified atom stereocenters. The van der Waals surface area contributed by atoms with Gasteiger partial charge in [0.05, 0.1) is 12.0 Å². The van der Waals surface area contributed by atoms with Crippen LogP contribution in [0.25, 0.3) is 0 Å². The molecule has 2 fully saturated rings. The van der Waals surface area contributed by atoms with Gasteiger partial charge >= 0.3 is 0 Å². The van der Waals surface area contributed by atoms with E-state index in [1.165, 1.54) is 0 Å². The van der Waals surface area contributed by atoms with Gasteiger partial charge in [0.15, 0.2) is 0 Å². The lowest BCUT2D eigenvalue weighted by molar-refractivity contribution is -0.120. The van der Waals surface area contributed by atoms with Crippen LogP contribution in [0, 0.1) is 17.2 Å². The van der Waals surface area contributed by atoms with Crippen LogP contribution < -0.4 is 5.32 Å². The molecule has 4 nitrogen and oxygen atoms in total. The van der Waals surface area contributed by atoms with Crippen molar-refractivity contribution < 1.29 is 4.79 Å². The third kappa shape index (κ3) is 2.29. The van der Waals surface area contributed by atoms with E-state index in [-0.39, 0.29) is 11.8 Å². The van der Waals surface area contributed by atoms with Crippen LogP contribution >= 0.6 is 0 Å². The molecule has 1 heterocycles. The van der Waals surface area contributed by atoms with Crippen molar-refractivity contribution in [1.29, 1.82) is 5.26 Å². The summed E-state index contributed by atoms with van der Waals surface area (Å²) >= 11 is 0. The highest BCUT2D eigenvalue weighted by atomic mass is 16.1. The minimum absolute atomic E-state index is 0.143. The lowest BCUT2D eigenvalue weighted by Gasteiger charge is -2.28. The van der Waals surface area contributed by atoms with Gasteiger partial charge in [-0.3, -0.25) is 9.69 Å². The maximum absolute atomic E-state index is 11.2. The van der Waals surface area contributed by atoms with E-state index in [0.29, 0.717) is 12.5 Å². The normalized spacial score (nSPS) is 33.1. The van der Waals surface area contributed by atoms with Gasteiger partial charge in [0.2, 0.25) is 5.91 Å². The Morgan fingerprint density at radius 3 is 3.07 bits per heavy atom. The maximum atomic E-state index is 11.2. The third-order valence-electron chi connectivity index (χ3n) is 3.46. The number of nitrogens with zero attached hydrogens (tertiary/aromatic N) is 2. The van der Waals surface area contributed by atoms with Crippen molar-refractivity contribution >= 4 is 5.91 Å². The van der Waals surface area contributed by atoms with Gasteiger partial charge in [-0.1, -0.05) is 6.42 Å². The molecule has 2 aliphatic rings. The van der Waals surface area contributed by atoms with Crippen molar-refractivity contribution in [3.05, 3.63) is 0 Å². The third-order valence-corrected chi connectivity index (χ3v) is 3.46. The van der Waals surface area contributed by atoms with Crippen LogP contribution in [0.3, 0.4) is 0 Å². The van der Waals surface area contributed by atoms with E-state index in [0.717, 1.165) is 38.9 Å². The highest BCUT2D eigenvalue weighted by Crippen LogP contribution is 2.29. The number of amides is 1. The Balaban J connectivity index is 1.97. The molecule has 2 atom stereocenters. The standard InChI is InChI=1S/C11H17N3O/c12-8-9-2-1-3-10(9)14-6-4-11(15)13-5-7-14/h9-10H,1-7H2,(H,13,15).